The SMILES string of the molecule is CCNc1nc(-c2ccccc2)nc(-c2c(C)c(C)c(-n3c4ccc(SC)cc4c4cc(-c5ccccc5)ccc43)c(C)c2C)n1. The van der Waals surface area contributed by atoms with Gasteiger partial charge in [-0.2, -0.15) is 9.97 Å². The third-order valence-electron chi connectivity index (χ3n) is 9.11. The molecule has 0 fully saturated rings. The van der Waals surface area contributed by atoms with Crippen molar-refractivity contribution in [2.75, 3.05) is 18.1 Å². The second kappa shape index (κ2) is 12.1. The van der Waals surface area contributed by atoms with Gasteiger partial charge in [0.05, 0.1) is 16.7 Å². The van der Waals surface area contributed by atoms with Crippen LogP contribution in [0.4, 0.5) is 5.95 Å². The summed E-state index contributed by atoms with van der Waals surface area (Å²) in [6, 6.07) is 34.5. The summed E-state index contributed by atoms with van der Waals surface area (Å²) in [5.74, 6) is 1.95. The van der Waals surface area contributed by atoms with Crippen LogP contribution in [0.1, 0.15) is 29.2 Å². The zero-order chi connectivity index (χ0) is 31.9. The number of fused-ring (bicyclic) bond motifs is 3. The summed E-state index contributed by atoms with van der Waals surface area (Å²) in [5, 5.41) is 5.84. The van der Waals surface area contributed by atoms with Gasteiger partial charge in [0.1, 0.15) is 0 Å². The lowest BCUT2D eigenvalue weighted by molar-refractivity contribution is 1.02. The molecule has 2 aromatic heterocycles. The highest BCUT2D eigenvalue weighted by atomic mass is 32.2. The van der Waals surface area contributed by atoms with Gasteiger partial charge in [-0.1, -0.05) is 66.7 Å². The Hall–Kier alpha value is -4.94. The van der Waals surface area contributed by atoms with E-state index in [1.807, 2.05) is 30.3 Å². The number of benzene rings is 5. The molecule has 0 aliphatic carbocycles. The molecule has 0 saturated carbocycles. The molecule has 0 saturated heterocycles. The van der Waals surface area contributed by atoms with Crippen molar-refractivity contribution in [1.82, 2.24) is 19.5 Å². The summed E-state index contributed by atoms with van der Waals surface area (Å²) in [7, 11) is 0. The zero-order valence-corrected chi connectivity index (χ0v) is 28.0. The van der Waals surface area contributed by atoms with Gasteiger partial charge in [0, 0.05) is 33.3 Å². The lowest BCUT2D eigenvalue weighted by atomic mass is 9.91. The summed E-state index contributed by atoms with van der Waals surface area (Å²) in [5.41, 5.74) is 12.9. The normalized spacial score (nSPS) is 11.4. The predicted octanol–water partition coefficient (Wildman–Crippen LogP) is 10.4. The number of hydrogen-bond donors (Lipinski definition) is 1. The van der Waals surface area contributed by atoms with Crippen molar-refractivity contribution in [3.05, 3.63) is 119 Å². The molecule has 0 radical (unpaired) electrons. The lowest BCUT2D eigenvalue weighted by Gasteiger charge is -2.22. The maximum atomic E-state index is 5.04. The standard InChI is InChI=1S/C40H37N5S/c1-7-41-40-43-38(29-16-12-9-13-17-29)42-39(44-40)36-24(2)26(4)37(27(5)25(36)3)45-34-20-18-30(28-14-10-8-11-15-28)22-32(34)33-23-31(46-6)19-21-35(33)45/h8-23H,7H2,1-6H3,(H,41,42,43,44). The van der Waals surface area contributed by atoms with Crippen LogP contribution >= 0.6 is 11.8 Å². The maximum Gasteiger partial charge on any atom is 0.226 e. The highest BCUT2D eigenvalue weighted by Gasteiger charge is 2.23. The van der Waals surface area contributed by atoms with Crippen LogP contribution in [0.25, 0.3) is 61.4 Å². The Labute approximate surface area is 274 Å². The van der Waals surface area contributed by atoms with E-state index in [4.69, 9.17) is 15.0 Å². The van der Waals surface area contributed by atoms with Crippen molar-refractivity contribution >= 4 is 39.5 Å². The lowest BCUT2D eigenvalue weighted by Crippen LogP contribution is -2.10. The Bertz CT molecular complexity index is 2210. The topological polar surface area (TPSA) is 55.6 Å². The number of hydrogen-bond acceptors (Lipinski definition) is 5. The summed E-state index contributed by atoms with van der Waals surface area (Å²) in [6.45, 7) is 11.7. The van der Waals surface area contributed by atoms with E-state index in [2.05, 4.69) is 117 Å². The van der Waals surface area contributed by atoms with Gasteiger partial charge in [0.25, 0.3) is 0 Å². The van der Waals surface area contributed by atoms with Crippen LogP contribution in [-0.2, 0) is 0 Å². The van der Waals surface area contributed by atoms with Gasteiger partial charge in [-0.05, 0) is 105 Å². The van der Waals surface area contributed by atoms with Gasteiger partial charge in [-0.15, -0.1) is 11.8 Å². The summed E-state index contributed by atoms with van der Waals surface area (Å²) in [4.78, 5) is 16.0. The molecule has 0 aliphatic rings. The molecule has 0 bridgehead atoms. The number of aromatic nitrogens is 4. The summed E-state index contributed by atoms with van der Waals surface area (Å²) < 4.78 is 2.46. The zero-order valence-electron chi connectivity index (χ0n) is 27.1. The third kappa shape index (κ3) is 5.03. The largest absolute Gasteiger partial charge is 0.354 e. The molecule has 2 heterocycles. The van der Waals surface area contributed by atoms with E-state index in [1.54, 1.807) is 11.8 Å². The Morgan fingerprint density at radius 2 is 1.20 bits per heavy atom. The van der Waals surface area contributed by atoms with E-state index in [0.29, 0.717) is 17.6 Å². The van der Waals surface area contributed by atoms with E-state index in [0.717, 1.165) is 17.7 Å². The Balaban J connectivity index is 1.48. The molecule has 5 nitrogen and oxygen atoms in total. The molecule has 0 aliphatic heterocycles. The predicted molar refractivity (Wildman–Crippen MR) is 195 cm³/mol. The number of nitrogens with one attached hydrogen (secondary N) is 1. The number of nitrogens with zero attached hydrogens (tertiary/aromatic N) is 4. The van der Waals surface area contributed by atoms with E-state index in [9.17, 15) is 0 Å². The molecule has 7 aromatic rings. The molecule has 0 spiro atoms. The van der Waals surface area contributed by atoms with E-state index < -0.39 is 0 Å². The maximum absolute atomic E-state index is 5.04. The molecule has 0 amide bonds. The Morgan fingerprint density at radius 3 is 1.83 bits per heavy atom. The average molecular weight is 620 g/mol. The first-order valence-electron chi connectivity index (χ1n) is 15.7. The summed E-state index contributed by atoms with van der Waals surface area (Å²) in [6.07, 6.45) is 2.14. The second-order valence-electron chi connectivity index (χ2n) is 11.7. The first-order valence-corrected chi connectivity index (χ1v) is 17.0. The number of anilines is 1. The van der Waals surface area contributed by atoms with Crippen LogP contribution < -0.4 is 5.32 Å². The second-order valence-corrected chi connectivity index (χ2v) is 12.6. The van der Waals surface area contributed by atoms with Crippen molar-refractivity contribution in [1.29, 1.82) is 0 Å². The fourth-order valence-electron chi connectivity index (χ4n) is 6.59. The monoisotopic (exact) mass is 619 g/mol. The molecule has 1 N–H and O–H groups in total. The quantitative estimate of drug-likeness (QED) is 0.180. The van der Waals surface area contributed by atoms with Gasteiger partial charge in [-0.3, -0.25) is 0 Å². The van der Waals surface area contributed by atoms with Crippen LogP contribution in [0.15, 0.2) is 102 Å². The van der Waals surface area contributed by atoms with E-state index in [1.165, 1.54) is 65.8 Å². The minimum Gasteiger partial charge on any atom is -0.354 e. The van der Waals surface area contributed by atoms with Crippen LogP contribution in [0, 0.1) is 27.7 Å². The van der Waals surface area contributed by atoms with Gasteiger partial charge in [0.15, 0.2) is 11.6 Å². The smallest absolute Gasteiger partial charge is 0.226 e. The highest BCUT2D eigenvalue weighted by Crippen LogP contribution is 2.41. The first-order chi connectivity index (χ1) is 22.4. The number of rotatable bonds is 7. The van der Waals surface area contributed by atoms with Crippen molar-refractivity contribution in [2.24, 2.45) is 0 Å². The van der Waals surface area contributed by atoms with Crippen molar-refractivity contribution < 1.29 is 0 Å². The fraction of sp³-hybridized carbons (Fsp3) is 0.175. The first kappa shape index (κ1) is 29.8. The fourth-order valence-corrected chi connectivity index (χ4v) is 7.03. The van der Waals surface area contributed by atoms with E-state index >= 15 is 0 Å². The van der Waals surface area contributed by atoms with Crippen molar-refractivity contribution in [3.63, 3.8) is 0 Å². The minimum atomic E-state index is 0.589. The molecule has 6 heteroatoms. The van der Waals surface area contributed by atoms with Gasteiger partial charge < -0.3 is 9.88 Å². The average Bonchev–Trinajstić information content (AvgIpc) is 3.41. The number of thioether (sulfide) groups is 1. The molecule has 7 rings (SSSR count). The molecular weight excluding hydrogens is 583 g/mol. The van der Waals surface area contributed by atoms with Crippen LogP contribution in [0.5, 0.6) is 0 Å². The molecule has 0 unspecified atom stereocenters. The van der Waals surface area contributed by atoms with Gasteiger partial charge >= 0.3 is 0 Å². The Kier molecular flexibility index (Phi) is 7.83. The third-order valence-corrected chi connectivity index (χ3v) is 9.84. The van der Waals surface area contributed by atoms with Crippen LogP contribution in [0.2, 0.25) is 0 Å². The van der Waals surface area contributed by atoms with Crippen LogP contribution in [-0.4, -0.2) is 32.3 Å². The molecular formula is C40H37N5S. The highest BCUT2D eigenvalue weighted by molar-refractivity contribution is 7.98. The molecule has 5 aromatic carbocycles. The summed E-state index contributed by atoms with van der Waals surface area (Å²) >= 11 is 1.78. The van der Waals surface area contributed by atoms with Crippen LogP contribution in [0.3, 0.4) is 0 Å². The van der Waals surface area contributed by atoms with Gasteiger partial charge in [-0.25, -0.2) is 4.98 Å². The van der Waals surface area contributed by atoms with Crippen molar-refractivity contribution in [2.45, 2.75) is 39.5 Å². The van der Waals surface area contributed by atoms with Gasteiger partial charge in [0.2, 0.25) is 5.95 Å². The molecule has 228 valence electrons. The van der Waals surface area contributed by atoms with E-state index in [-0.39, 0.29) is 0 Å². The molecule has 0 atom stereocenters. The van der Waals surface area contributed by atoms with Crippen molar-refractivity contribution in [3.8, 4) is 39.6 Å². The minimum absolute atomic E-state index is 0.589. The Morgan fingerprint density at radius 1 is 0.609 bits per heavy atom. The molecule has 46 heavy (non-hydrogen) atoms.